The van der Waals surface area contributed by atoms with E-state index in [-0.39, 0.29) is 49.8 Å². The summed E-state index contributed by atoms with van der Waals surface area (Å²) in [5.41, 5.74) is 2.96. The van der Waals surface area contributed by atoms with Gasteiger partial charge < -0.3 is 20.1 Å². The summed E-state index contributed by atoms with van der Waals surface area (Å²) < 4.78 is 5.70. The fraction of sp³-hybridized carbons (Fsp3) is 0.387. The van der Waals surface area contributed by atoms with Gasteiger partial charge >= 0.3 is 5.97 Å². The van der Waals surface area contributed by atoms with Gasteiger partial charge in [0.2, 0.25) is 11.8 Å². The van der Waals surface area contributed by atoms with Crippen LogP contribution < -0.4 is 5.32 Å². The number of hydrogen-bond acceptors (Lipinski definition) is 5. The fourth-order valence-electron chi connectivity index (χ4n) is 4.70. The number of rotatable bonds is 14. The second kappa shape index (κ2) is 14.9. The number of unbranched alkanes of at least 4 members (excludes halogenated alkanes) is 1. The lowest BCUT2D eigenvalue weighted by Gasteiger charge is -2.36. The number of aliphatic hydroxyl groups excluding tert-OH is 1. The third-order valence-corrected chi connectivity index (χ3v) is 6.83. The van der Waals surface area contributed by atoms with E-state index >= 15 is 0 Å². The SMILES string of the molecule is C=CCCCC(=O)O[C@@H](CNC(=O)[C@@H](CC=C)CC(=O)N1Cc2ccccc2C[C@H]1CO)c1ccccc1. The molecule has 2 aromatic carbocycles. The molecule has 3 atom stereocenters. The van der Waals surface area contributed by atoms with Gasteiger partial charge in [0.05, 0.1) is 25.1 Å². The van der Waals surface area contributed by atoms with E-state index in [9.17, 15) is 19.5 Å². The molecule has 2 N–H and O–H groups in total. The number of carbonyl (C=O) groups is 3. The van der Waals surface area contributed by atoms with Gasteiger partial charge in [0.1, 0.15) is 6.10 Å². The van der Waals surface area contributed by atoms with Gasteiger partial charge in [-0.25, -0.2) is 0 Å². The van der Waals surface area contributed by atoms with Crippen molar-refractivity contribution in [2.24, 2.45) is 5.92 Å². The van der Waals surface area contributed by atoms with Crippen LogP contribution in [0.5, 0.6) is 0 Å². The molecule has 0 bridgehead atoms. The van der Waals surface area contributed by atoms with Crippen LogP contribution in [0.25, 0.3) is 0 Å². The number of aliphatic hydroxyl groups is 1. The van der Waals surface area contributed by atoms with Crippen molar-refractivity contribution in [2.45, 2.75) is 57.2 Å². The Morgan fingerprint density at radius 1 is 1.05 bits per heavy atom. The van der Waals surface area contributed by atoms with E-state index in [1.807, 2.05) is 54.6 Å². The first-order valence-electron chi connectivity index (χ1n) is 13.2. The van der Waals surface area contributed by atoms with Gasteiger partial charge in [0.25, 0.3) is 0 Å². The summed E-state index contributed by atoms with van der Waals surface area (Å²) in [6.07, 6.45) is 5.27. The number of nitrogens with one attached hydrogen (secondary N) is 1. The van der Waals surface area contributed by atoms with Crippen LogP contribution in [0.1, 0.15) is 54.9 Å². The van der Waals surface area contributed by atoms with Crippen molar-refractivity contribution < 1.29 is 24.2 Å². The molecule has 2 amide bonds. The van der Waals surface area contributed by atoms with Crippen LogP contribution in [0.15, 0.2) is 79.9 Å². The molecule has 202 valence electrons. The average molecular weight is 519 g/mol. The quantitative estimate of drug-likeness (QED) is 0.221. The lowest BCUT2D eigenvalue weighted by Crippen LogP contribution is -2.47. The molecule has 38 heavy (non-hydrogen) atoms. The Morgan fingerprint density at radius 2 is 1.76 bits per heavy atom. The number of benzene rings is 2. The van der Waals surface area contributed by atoms with Crippen LogP contribution in [0.3, 0.4) is 0 Å². The lowest BCUT2D eigenvalue weighted by molar-refractivity contribution is -0.150. The summed E-state index contributed by atoms with van der Waals surface area (Å²) >= 11 is 0. The van der Waals surface area contributed by atoms with Crippen LogP contribution in [-0.2, 0) is 32.1 Å². The van der Waals surface area contributed by atoms with Gasteiger partial charge in [-0.2, -0.15) is 0 Å². The first-order valence-corrected chi connectivity index (χ1v) is 13.2. The highest BCUT2D eigenvalue weighted by Gasteiger charge is 2.32. The number of esters is 1. The van der Waals surface area contributed by atoms with E-state index in [1.165, 1.54) is 0 Å². The number of fused-ring (bicyclic) bond motifs is 1. The zero-order valence-electron chi connectivity index (χ0n) is 21.9. The van der Waals surface area contributed by atoms with E-state index in [1.54, 1.807) is 17.1 Å². The van der Waals surface area contributed by atoms with Gasteiger partial charge in [-0.1, -0.05) is 66.7 Å². The van der Waals surface area contributed by atoms with Crippen molar-refractivity contribution in [3.05, 3.63) is 96.6 Å². The molecule has 0 fully saturated rings. The first-order chi connectivity index (χ1) is 18.5. The molecule has 0 radical (unpaired) electrons. The molecule has 3 rings (SSSR count). The average Bonchev–Trinajstić information content (AvgIpc) is 2.94. The third kappa shape index (κ3) is 8.15. The van der Waals surface area contributed by atoms with Crippen molar-refractivity contribution in [1.82, 2.24) is 10.2 Å². The minimum atomic E-state index is -0.645. The molecule has 0 saturated carbocycles. The molecule has 7 heteroatoms. The largest absolute Gasteiger partial charge is 0.456 e. The highest BCUT2D eigenvalue weighted by atomic mass is 16.5. The van der Waals surface area contributed by atoms with Gasteiger partial charge in [-0.3, -0.25) is 14.4 Å². The zero-order valence-corrected chi connectivity index (χ0v) is 21.9. The summed E-state index contributed by atoms with van der Waals surface area (Å²) in [6, 6.07) is 16.8. The van der Waals surface area contributed by atoms with Gasteiger partial charge in [0.15, 0.2) is 0 Å². The lowest BCUT2D eigenvalue weighted by atomic mass is 9.92. The standard InChI is InChI=1S/C31H38N2O5/c1-3-5-7-17-30(36)38-28(23-13-8-6-9-14-23)20-32-31(37)25(12-4-2)19-29(35)33-21-26-16-11-10-15-24(26)18-27(33)22-34/h3-4,6,8-11,13-16,25,27-28,34H,1-2,5,7,12,17-22H2,(H,32,37)/t25-,27-,28-/m0/s1. The van der Waals surface area contributed by atoms with Gasteiger partial charge in [-0.15, -0.1) is 13.2 Å². The van der Waals surface area contributed by atoms with Crippen molar-refractivity contribution in [2.75, 3.05) is 13.2 Å². The van der Waals surface area contributed by atoms with Gasteiger partial charge in [0, 0.05) is 19.4 Å². The molecule has 1 aliphatic rings. The molecular formula is C31H38N2O5. The van der Waals surface area contributed by atoms with E-state index in [0.29, 0.717) is 25.8 Å². The van der Waals surface area contributed by atoms with E-state index in [0.717, 1.165) is 23.1 Å². The molecule has 2 aromatic rings. The Bertz CT molecular complexity index is 1100. The second-order valence-electron chi connectivity index (χ2n) is 9.57. The smallest absolute Gasteiger partial charge is 0.306 e. The van der Waals surface area contributed by atoms with Crippen molar-refractivity contribution in [3.63, 3.8) is 0 Å². The highest BCUT2D eigenvalue weighted by molar-refractivity contribution is 5.86. The molecule has 7 nitrogen and oxygen atoms in total. The van der Waals surface area contributed by atoms with Crippen LogP contribution >= 0.6 is 0 Å². The summed E-state index contributed by atoms with van der Waals surface area (Å²) in [4.78, 5) is 40.6. The Morgan fingerprint density at radius 3 is 2.45 bits per heavy atom. The fourth-order valence-corrected chi connectivity index (χ4v) is 4.70. The molecule has 0 aromatic heterocycles. The molecule has 0 saturated heterocycles. The number of nitrogens with zero attached hydrogens (tertiary/aromatic N) is 1. The number of allylic oxidation sites excluding steroid dienone is 2. The number of hydrogen-bond donors (Lipinski definition) is 2. The summed E-state index contributed by atoms with van der Waals surface area (Å²) in [6.45, 7) is 7.78. The van der Waals surface area contributed by atoms with Crippen LogP contribution in [-0.4, -0.2) is 47.0 Å². The van der Waals surface area contributed by atoms with E-state index < -0.39 is 12.0 Å². The molecule has 0 aliphatic carbocycles. The molecule has 0 spiro atoms. The number of carbonyl (C=O) groups excluding carboxylic acids is 3. The third-order valence-electron chi connectivity index (χ3n) is 6.83. The Balaban J connectivity index is 1.65. The van der Waals surface area contributed by atoms with Crippen molar-refractivity contribution in [1.29, 1.82) is 0 Å². The maximum atomic E-state index is 13.3. The first kappa shape index (κ1) is 28.9. The summed E-state index contributed by atoms with van der Waals surface area (Å²) in [5, 5.41) is 12.8. The van der Waals surface area contributed by atoms with Gasteiger partial charge in [-0.05, 0) is 42.4 Å². The van der Waals surface area contributed by atoms with E-state index in [2.05, 4.69) is 18.5 Å². The maximum absolute atomic E-state index is 13.3. The molecule has 0 unspecified atom stereocenters. The molecular weight excluding hydrogens is 480 g/mol. The minimum absolute atomic E-state index is 0.00609. The predicted octanol–water partition coefficient (Wildman–Crippen LogP) is 4.27. The van der Waals surface area contributed by atoms with Crippen LogP contribution in [0.2, 0.25) is 0 Å². The zero-order chi connectivity index (χ0) is 27.3. The van der Waals surface area contributed by atoms with Crippen LogP contribution in [0, 0.1) is 5.92 Å². The number of ether oxygens (including phenoxy) is 1. The highest BCUT2D eigenvalue weighted by Crippen LogP contribution is 2.25. The maximum Gasteiger partial charge on any atom is 0.306 e. The minimum Gasteiger partial charge on any atom is -0.456 e. The normalized spacial score (nSPS) is 16.0. The topological polar surface area (TPSA) is 95.9 Å². The Kier molecular flexibility index (Phi) is 11.3. The predicted molar refractivity (Wildman–Crippen MR) is 147 cm³/mol. The molecule has 1 aliphatic heterocycles. The Hall–Kier alpha value is -3.71. The second-order valence-corrected chi connectivity index (χ2v) is 9.57. The Labute approximate surface area is 225 Å². The summed E-state index contributed by atoms with van der Waals surface area (Å²) in [5.74, 6) is -1.46. The molecule has 1 heterocycles. The summed E-state index contributed by atoms with van der Waals surface area (Å²) in [7, 11) is 0. The van der Waals surface area contributed by atoms with Crippen molar-refractivity contribution >= 4 is 17.8 Å². The monoisotopic (exact) mass is 518 g/mol. The van der Waals surface area contributed by atoms with Crippen LogP contribution in [0.4, 0.5) is 0 Å². The van der Waals surface area contributed by atoms with E-state index in [4.69, 9.17) is 4.74 Å². The number of amides is 2. The van der Waals surface area contributed by atoms with Crippen molar-refractivity contribution in [3.8, 4) is 0 Å².